The summed E-state index contributed by atoms with van der Waals surface area (Å²) in [5, 5.41) is 0. The Morgan fingerprint density at radius 2 is 2.07 bits per heavy atom. The zero-order valence-electron chi connectivity index (χ0n) is 10.2. The van der Waals surface area contributed by atoms with E-state index < -0.39 is 6.03 Å². The Bertz CT molecular complexity index is 267. The van der Waals surface area contributed by atoms with Gasteiger partial charge in [0.2, 0.25) is 0 Å². The van der Waals surface area contributed by atoms with Gasteiger partial charge in [-0.3, -0.25) is 4.90 Å². The van der Waals surface area contributed by atoms with E-state index in [2.05, 4.69) is 13.8 Å². The fourth-order valence-electron chi connectivity index (χ4n) is 1.28. The lowest BCUT2D eigenvalue weighted by molar-refractivity contribution is 0.229. The summed E-state index contributed by atoms with van der Waals surface area (Å²) in [4.78, 5) is 12.4. The van der Waals surface area contributed by atoms with Crippen molar-refractivity contribution >= 4 is 6.03 Å². The van der Waals surface area contributed by atoms with Crippen LogP contribution >= 0.6 is 0 Å². The van der Waals surface area contributed by atoms with Gasteiger partial charge in [0, 0.05) is 12.7 Å². The Hall–Kier alpha value is -1.25. The highest BCUT2D eigenvalue weighted by Crippen LogP contribution is 2.12. The summed E-state index contributed by atoms with van der Waals surface area (Å²) < 4.78 is 0. The summed E-state index contributed by atoms with van der Waals surface area (Å²) in [6.45, 7) is 6.14. The number of rotatable bonds is 5. The number of nitrogens with zero attached hydrogens (tertiary/aromatic N) is 1. The first-order chi connectivity index (χ1) is 7.02. The predicted octanol–water partition coefficient (Wildman–Crippen LogP) is 3.04. The van der Waals surface area contributed by atoms with E-state index in [1.54, 1.807) is 7.05 Å². The van der Waals surface area contributed by atoms with E-state index in [1.807, 2.05) is 19.1 Å². The molecule has 0 aliphatic rings. The Morgan fingerprint density at radius 1 is 1.47 bits per heavy atom. The van der Waals surface area contributed by atoms with Crippen LogP contribution in [0.3, 0.4) is 0 Å². The molecule has 2 amide bonds. The molecule has 0 saturated heterocycles. The number of unbranched alkanes of at least 4 members (excludes halogenated alkanes) is 1. The monoisotopic (exact) mass is 210 g/mol. The highest BCUT2D eigenvalue weighted by Gasteiger charge is 2.06. The lowest BCUT2D eigenvalue weighted by Crippen LogP contribution is -2.30. The summed E-state index contributed by atoms with van der Waals surface area (Å²) in [6, 6.07) is -0.428. The van der Waals surface area contributed by atoms with Crippen LogP contribution in [0, 0.1) is 0 Å². The molecule has 0 spiro atoms. The molecule has 2 N–H and O–H groups in total. The molecule has 0 bridgehead atoms. The maximum Gasteiger partial charge on any atom is 0.318 e. The first-order valence-corrected chi connectivity index (χ1v) is 5.39. The van der Waals surface area contributed by atoms with Gasteiger partial charge < -0.3 is 5.73 Å². The largest absolute Gasteiger partial charge is 0.351 e. The van der Waals surface area contributed by atoms with Crippen molar-refractivity contribution in [1.29, 1.82) is 0 Å². The van der Waals surface area contributed by atoms with E-state index in [9.17, 15) is 4.79 Å². The Balaban J connectivity index is 4.51. The molecule has 0 aromatic rings. The van der Waals surface area contributed by atoms with Crippen LogP contribution in [0.15, 0.2) is 23.4 Å². The van der Waals surface area contributed by atoms with Gasteiger partial charge in [-0.05, 0) is 32.8 Å². The van der Waals surface area contributed by atoms with Crippen LogP contribution in [0.4, 0.5) is 4.79 Å². The molecule has 0 unspecified atom stereocenters. The number of amides is 2. The van der Waals surface area contributed by atoms with Gasteiger partial charge in [-0.15, -0.1) is 0 Å². The minimum absolute atomic E-state index is 0.428. The van der Waals surface area contributed by atoms with Gasteiger partial charge in [-0.2, -0.15) is 0 Å². The van der Waals surface area contributed by atoms with E-state index >= 15 is 0 Å². The molecular weight excluding hydrogens is 188 g/mol. The number of hydrogen-bond acceptors (Lipinski definition) is 1. The second-order valence-electron chi connectivity index (χ2n) is 3.71. The van der Waals surface area contributed by atoms with Crippen LogP contribution < -0.4 is 5.73 Å². The molecule has 0 aromatic heterocycles. The molecule has 0 rings (SSSR count). The zero-order valence-corrected chi connectivity index (χ0v) is 10.2. The molecule has 3 nitrogen and oxygen atoms in total. The first kappa shape index (κ1) is 13.8. The first-order valence-electron chi connectivity index (χ1n) is 5.39. The Kier molecular flexibility index (Phi) is 6.50. The maximum absolute atomic E-state index is 11.0. The molecular formula is C12H22N2O. The fraction of sp³-hybridized carbons (Fsp3) is 0.583. The number of allylic oxidation sites excluding steroid dienone is 3. The molecule has 0 saturated carbocycles. The highest BCUT2D eigenvalue weighted by molar-refractivity contribution is 5.74. The molecule has 0 atom stereocenters. The van der Waals surface area contributed by atoms with Crippen molar-refractivity contribution < 1.29 is 4.79 Å². The van der Waals surface area contributed by atoms with Crippen molar-refractivity contribution in [3.63, 3.8) is 0 Å². The average molecular weight is 210 g/mol. The summed E-state index contributed by atoms with van der Waals surface area (Å²) in [5.41, 5.74) is 7.34. The number of primary amides is 1. The van der Waals surface area contributed by atoms with Gasteiger partial charge in [0.25, 0.3) is 0 Å². The van der Waals surface area contributed by atoms with Crippen molar-refractivity contribution in [1.82, 2.24) is 4.90 Å². The van der Waals surface area contributed by atoms with Crippen LogP contribution in [0.5, 0.6) is 0 Å². The second kappa shape index (κ2) is 7.10. The smallest absolute Gasteiger partial charge is 0.318 e. The van der Waals surface area contributed by atoms with Gasteiger partial charge in [0.15, 0.2) is 0 Å². The van der Waals surface area contributed by atoms with E-state index in [-0.39, 0.29) is 0 Å². The van der Waals surface area contributed by atoms with Gasteiger partial charge in [-0.25, -0.2) is 4.79 Å². The van der Waals surface area contributed by atoms with Crippen molar-refractivity contribution in [2.75, 3.05) is 7.05 Å². The standard InChI is InChI=1S/C12H22N2O/c1-5-7-8-10(3)9-11(6-2)14(4)12(13)15/h6,9H,5,7-8H2,1-4H3,(H2,13,15)/b10-9-,11-6+. The lowest BCUT2D eigenvalue weighted by atomic mass is 10.1. The van der Waals surface area contributed by atoms with E-state index in [1.165, 1.54) is 23.3 Å². The third kappa shape index (κ3) is 5.25. The van der Waals surface area contributed by atoms with Crippen LogP contribution in [0.25, 0.3) is 0 Å². The van der Waals surface area contributed by atoms with Crippen LogP contribution in [0.2, 0.25) is 0 Å². The van der Waals surface area contributed by atoms with Crippen molar-refractivity contribution in [2.45, 2.75) is 40.0 Å². The molecule has 0 aliphatic heterocycles. The van der Waals surface area contributed by atoms with Crippen molar-refractivity contribution in [3.05, 3.63) is 23.4 Å². The number of nitrogens with two attached hydrogens (primary N) is 1. The number of hydrogen-bond donors (Lipinski definition) is 1. The van der Waals surface area contributed by atoms with Gasteiger partial charge in [-0.1, -0.05) is 25.0 Å². The maximum atomic E-state index is 11.0. The topological polar surface area (TPSA) is 46.3 Å². The molecule has 0 heterocycles. The second-order valence-corrected chi connectivity index (χ2v) is 3.71. The molecule has 86 valence electrons. The molecule has 0 aliphatic carbocycles. The van der Waals surface area contributed by atoms with Crippen molar-refractivity contribution in [3.8, 4) is 0 Å². The van der Waals surface area contributed by atoms with Crippen LogP contribution in [0.1, 0.15) is 40.0 Å². The van der Waals surface area contributed by atoms with Crippen LogP contribution in [-0.4, -0.2) is 18.0 Å². The SMILES string of the molecule is C/C=C(\C=C(\C)CCCC)N(C)C(N)=O. The Labute approximate surface area is 92.6 Å². The van der Waals surface area contributed by atoms with E-state index in [0.29, 0.717) is 0 Å². The zero-order chi connectivity index (χ0) is 11.8. The minimum atomic E-state index is -0.428. The van der Waals surface area contributed by atoms with Gasteiger partial charge >= 0.3 is 6.03 Å². The predicted molar refractivity (Wildman–Crippen MR) is 64.4 cm³/mol. The van der Waals surface area contributed by atoms with E-state index in [0.717, 1.165) is 12.1 Å². The summed E-state index contributed by atoms with van der Waals surface area (Å²) >= 11 is 0. The number of carbonyl (C=O) groups excluding carboxylic acids is 1. The molecule has 15 heavy (non-hydrogen) atoms. The summed E-state index contributed by atoms with van der Waals surface area (Å²) in [6.07, 6.45) is 7.34. The minimum Gasteiger partial charge on any atom is -0.351 e. The third-order valence-electron chi connectivity index (χ3n) is 2.33. The number of likely N-dealkylation sites (N-methyl/N-ethyl adjacent to an activating group) is 1. The van der Waals surface area contributed by atoms with Crippen molar-refractivity contribution in [2.24, 2.45) is 5.73 Å². The molecule has 0 radical (unpaired) electrons. The lowest BCUT2D eigenvalue weighted by Gasteiger charge is -2.16. The number of carbonyl (C=O) groups is 1. The fourth-order valence-corrected chi connectivity index (χ4v) is 1.28. The normalized spacial score (nSPS) is 12.8. The molecule has 0 fully saturated rings. The molecule has 0 aromatic carbocycles. The highest BCUT2D eigenvalue weighted by atomic mass is 16.2. The van der Waals surface area contributed by atoms with Gasteiger partial charge in [0.05, 0.1) is 0 Å². The van der Waals surface area contributed by atoms with Crippen LogP contribution in [-0.2, 0) is 0 Å². The molecule has 3 heteroatoms. The van der Waals surface area contributed by atoms with Gasteiger partial charge in [0.1, 0.15) is 0 Å². The van der Waals surface area contributed by atoms with E-state index in [4.69, 9.17) is 5.73 Å². The Morgan fingerprint density at radius 3 is 2.47 bits per heavy atom. The number of urea groups is 1. The quantitative estimate of drug-likeness (QED) is 0.696. The third-order valence-corrected chi connectivity index (χ3v) is 2.33. The summed E-state index contributed by atoms with van der Waals surface area (Å²) in [5.74, 6) is 0. The average Bonchev–Trinajstić information content (AvgIpc) is 2.21. The summed E-state index contributed by atoms with van der Waals surface area (Å²) in [7, 11) is 1.68.